The molecule has 0 aromatic rings. The molecule has 0 aromatic carbocycles. The summed E-state index contributed by atoms with van der Waals surface area (Å²) in [7, 11) is 0. The maximum absolute atomic E-state index is 10.4. The summed E-state index contributed by atoms with van der Waals surface area (Å²) in [6, 6.07) is 0. The lowest BCUT2D eigenvalue weighted by Crippen LogP contribution is -1.93. The highest BCUT2D eigenvalue weighted by Gasteiger charge is 1.97. The predicted octanol–water partition coefficient (Wildman–Crippen LogP) is 10.4. The van der Waals surface area contributed by atoms with Gasteiger partial charge in [0.2, 0.25) is 0 Å². The van der Waals surface area contributed by atoms with Gasteiger partial charge in [-0.15, -0.1) is 0 Å². The second kappa shape index (κ2) is 27.2. The summed E-state index contributed by atoms with van der Waals surface area (Å²) in [5.74, 6) is -0.654. The van der Waals surface area contributed by atoms with Gasteiger partial charge in [0.05, 0.1) is 0 Å². The highest BCUT2D eigenvalue weighted by molar-refractivity contribution is 5.66. The second-order valence-corrected chi connectivity index (χ2v) is 9.62. The molecule has 31 heavy (non-hydrogen) atoms. The van der Waals surface area contributed by atoms with Gasteiger partial charge in [0.15, 0.2) is 0 Å². The molecule has 0 fully saturated rings. The van der Waals surface area contributed by atoms with Gasteiger partial charge in [-0.05, 0) is 32.1 Å². The van der Waals surface area contributed by atoms with Gasteiger partial charge in [0.25, 0.3) is 0 Å². The largest absolute Gasteiger partial charge is 0.481 e. The van der Waals surface area contributed by atoms with E-state index in [0.717, 1.165) is 12.8 Å². The number of unbranched alkanes of at least 4 members (excludes halogenated alkanes) is 22. The van der Waals surface area contributed by atoms with Crippen LogP contribution in [0.4, 0.5) is 0 Å². The highest BCUT2D eigenvalue weighted by atomic mass is 16.4. The van der Waals surface area contributed by atoms with Crippen LogP contribution in [-0.2, 0) is 4.79 Å². The first kappa shape index (κ1) is 30.2. The Hall–Kier alpha value is -0.790. The van der Waals surface area contributed by atoms with Crippen LogP contribution in [0.3, 0.4) is 0 Å². The van der Waals surface area contributed by atoms with Crippen molar-refractivity contribution < 1.29 is 9.90 Å². The van der Waals surface area contributed by atoms with Crippen LogP contribution in [0.15, 0.2) is 12.2 Å². The molecule has 0 atom stereocenters. The molecule has 0 aliphatic carbocycles. The van der Waals surface area contributed by atoms with E-state index in [4.69, 9.17) is 5.11 Å². The fourth-order valence-corrected chi connectivity index (χ4v) is 4.29. The smallest absolute Gasteiger partial charge is 0.303 e. The Morgan fingerprint density at radius 3 is 1.10 bits per heavy atom. The standard InChI is InChI=1S/C29H56O2/c1-2-3-4-5-6-7-8-9-10-11-12-13-14-15-16-17-18-19-20-21-22-23-24-25-26-27-28-29(30)31/h15-16H,2-14,17-28H2,1H3,(H,30,31). The monoisotopic (exact) mass is 436 g/mol. The van der Waals surface area contributed by atoms with Crippen molar-refractivity contribution in [3.8, 4) is 0 Å². The average molecular weight is 437 g/mol. The minimum Gasteiger partial charge on any atom is -0.481 e. The van der Waals surface area contributed by atoms with Gasteiger partial charge in [0, 0.05) is 6.42 Å². The molecule has 184 valence electrons. The number of carboxylic acids is 1. The van der Waals surface area contributed by atoms with Crippen LogP contribution in [-0.4, -0.2) is 11.1 Å². The summed E-state index contributed by atoms with van der Waals surface area (Å²) >= 11 is 0. The van der Waals surface area contributed by atoms with Crippen LogP contribution >= 0.6 is 0 Å². The Morgan fingerprint density at radius 1 is 0.484 bits per heavy atom. The first-order valence-corrected chi connectivity index (χ1v) is 14.1. The zero-order chi connectivity index (χ0) is 22.7. The third kappa shape index (κ3) is 29.2. The predicted molar refractivity (Wildman–Crippen MR) is 138 cm³/mol. The van der Waals surface area contributed by atoms with Gasteiger partial charge in [-0.2, -0.15) is 0 Å². The molecule has 0 saturated heterocycles. The van der Waals surface area contributed by atoms with Crippen molar-refractivity contribution in [3.63, 3.8) is 0 Å². The molecule has 0 rings (SSSR count). The third-order valence-electron chi connectivity index (χ3n) is 6.40. The number of hydrogen-bond acceptors (Lipinski definition) is 1. The minimum atomic E-state index is -0.654. The van der Waals surface area contributed by atoms with Gasteiger partial charge in [-0.25, -0.2) is 0 Å². The van der Waals surface area contributed by atoms with Crippen molar-refractivity contribution in [2.45, 2.75) is 167 Å². The summed E-state index contributed by atoms with van der Waals surface area (Å²) < 4.78 is 0. The van der Waals surface area contributed by atoms with Crippen molar-refractivity contribution in [2.75, 3.05) is 0 Å². The molecule has 1 N–H and O–H groups in total. The molecule has 0 aliphatic rings. The van der Waals surface area contributed by atoms with Crippen LogP contribution in [0, 0.1) is 0 Å². The Kier molecular flexibility index (Phi) is 26.5. The van der Waals surface area contributed by atoms with Gasteiger partial charge in [-0.1, -0.05) is 141 Å². The minimum absolute atomic E-state index is 0.341. The molecule has 0 aliphatic heterocycles. The number of aliphatic carboxylic acids is 1. The molecule has 0 amide bonds. The summed E-state index contributed by atoms with van der Waals surface area (Å²) in [6.07, 6.45) is 37.5. The lowest BCUT2D eigenvalue weighted by atomic mass is 10.0. The lowest BCUT2D eigenvalue weighted by Gasteiger charge is -2.02. The van der Waals surface area contributed by atoms with E-state index >= 15 is 0 Å². The maximum atomic E-state index is 10.4. The Bertz CT molecular complexity index is 375. The van der Waals surface area contributed by atoms with Crippen LogP contribution < -0.4 is 0 Å². The third-order valence-corrected chi connectivity index (χ3v) is 6.40. The van der Waals surface area contributed by atoms with Crippen LogP contribution in [0.25, 0.3) is 0 Å². The number of rotatable bonds is 26. The maximum Gasteiger partial charge on any atom is 0.303 e. The fourth-order valence-electron chi connectivity index (χ4n) is 4.29. The molecule has 2 heteroatoms. The normalized spacial score (nSPS) is 11.5. The van der Waals surface area contributed by atoms with Gasteiger partial charge >= 0.3 is 5.97 Å². The molecule has 2 nitrogen and oxygen atoms in total. The van der Waals surface area contributed by atoms with Crippen molar-refractivity contribution in [3.05, 3.63) is 12.2 Å². The molecule has 0 aromatic heterocycles. The van der Waals surface area contributed by atoms with E-state index in [1.807, 2.05) is 0 Å². The van der Waals surface area contributed by atoms with E-state index in [1.54, 1.807) is 0 Å². The number of carbonyl (C=O) groups is 1. The van der Waals surface area contributed by atoms with Crippen molar-refractivity contribution >= 4 is 5.97 Å². The van der Waals surface area contributed by atoms with Crippen molar-refractivity contribution in [1.82, 2.24) is 0 Å². The van der Waals surface area contributed by atoms with E-state index < -0.39 is 5.97 Å². The van der Waals surface area contributed by atoms with Crippen LogP contribution in [0.1, 0.15) is 167 Å². The topological polar surface area (TPSA) is 37.3 Å². The van der Waals surface area contributed by atoms with E-state index in [1.165, 1.54) is 141 Å². The molecule has 0 radical (unpaired) electrons. The van der Waals surface area contributed by atoms with Gasteiger partial charge in [0.1, 0.15) is 0 Å². The number of hydrogen-bond donors (Lipinski definition) is 1. The lowest BCUT2D eigenvalue weighted by molar-refractivity contribution is -0.137. The quantitative estimate of drug-likeness (QED) is 0.108. The molecule has 0 spiro atoms. The van der Waals surface area contributed by atoms with Gasteiger partial charge < -0.3 is 5.11 Å². The average Bonchev–Trinajstić information content (AvgIpc) is 2.76. The summed E-state index contributed by atoms with van der Waals surface area (Å²) in [4.78, 5) is 10.4. The Balaban J connectivity index is 3.08. The SMILES string of the molecule is CCCCCCCCCCCCCCC=CCCCCCCCCCCCCC(=O)O. The number of allylic oxidation sites excluding steroid dienone is 2. The van der Waals surface area contributed by atoms with Crippen molar-refractivity contribution in [1.29, 1.82) is 0 Å². The molecule has 0 unspecified atom stereocenters. The summed E-state index contributed by atoms with van der Waals surface area (Å²) in [5.41, 5.74) is 0. The van der Waals surface area contributed by atoms with Crippen molar-refractivity contribution in [2.24, 2.45) is 0 Å². The van der Waals surface area contributed by atoms with Crippen LogP contribution in [0.5, 0.6) is 0 Å². The first-order valence-electron chi connectivity index (χ1n) is 14.1. The van der Waals surface area contributed by atoms with E-state index in [0.29, 0.717) is 6.42 Å². The van der Waals surface area contributed by atoms with Gasteiger partial charge in [-0.3, -0.25) is 4.79 Å². The summed E-state index contributed by atoms with van der Waals surface area (Å²) in [5, 5.41) is 8.60. The van der Waals surface area contributed by atoms with E-state index in [2.05, 4.69) is 19.1 Å². The van der Waals surface area contributed by atoms with E-state index in [9.17, 15) is 4.79 Å². The Labute approximate surface area is 195 Å². The first-order chi connectivity index (χ1) is 15.3. The molecular formula is C29H56O2. The zero-order valence-corrected chi connectivity index (χ0v) is 21.2. The molecule has 0 saturated carbocycles. The van der Waals surface area contributed by atoms with E-state index in [-0.39, 0.29) is 0 Å². The zero-order valence-electron chi connectivity index (χ0n) is 21.2. The fraction of sp³-hybridized carbons (Fsp3) is 0.897. The summed E-state index contributed by atoms with van der Waals surface area (Å²) in [6.45, 7) is 2.29. The second-order valence-electron chi connectivity index (χ2n) is 9.62. The Morgan fingerprint density at radius 2 is 0.774 bits per heavy atom. The number of carboxylic acid groups (broad SMARTS) is 1. The highest BCUT2D eigenvalue weighted by Crippen LogP contribution is 2.14. The molecule has 0 bridgehead atoms. The molecule has 0 heterocycles. The van der Waals surface area contributed by atoms with Crippen LogP contribution in [0.2, 0.25) is 0 Å². The molecular weight excluding hydrogens is 380 g/mol.